The molecular weight excluding hydrogens is 514 g/mol. The summed E-state index contributed by atoms with van der Waals surface area (Å²) in [6.45, 7) is 4.08. The average Bonchev–Trinajstić information content (AvgIpc) is 3.49. The molecule has 1 N–H and O–H groups in total. The Morgan fingerprint density at radius 3 is 2.71 bits per heavy atom. The van der Waals surface area contributed by atoms with Gasteiger partial charge in [-0.25, -0.2) is 23.1 Å². The molecule has 198 valence electrons. The van der Waals surface area contributed by atoms with E-state index in [1.165, 1.54) is 30.7 Å². The van der Waals surface area contributed by atoms with Crippen LogP contribution < -0.4 is 10.1 Å². The highest BCUT2D eigenvalue weighted by Gasteiger charge is 2.30. The van der Waals surface area contributed by atoms with E-state index in [1.54, 1.807) is 31.2 Å². The van der Waals surface area contributed by atoms with Gasteiger partial charge in [-0.1, -0.05) is 6.92 Å². The van der Waals surface area contributed by atoms with E-state index in [9.17, 15) is 18.4 Å². The van der Waals surface area contributed by atoms with Crippen molar-refractivity contribution in [1.29, 1.82) is 0 Å². The quantitative estimate of drug-likeness (QED) is 0.291. The zero-order valence-electron chi connectivity index (χ0n) is 21.1. The molecule has 38 heavy (non-hydrogen) atoms. The van der Waals surface area contributed by atoms with Gasteiger partial charge in [-0.2, -0.15) is 5.10 Å². The van der Waals surface area contributed by atoms with Crippen molar-refractivity contribution in [3.63, 3.8) is 0 Å². The van der Waals surface area contributed by atoms with E-state index in [0.717, 1.165) is 34.2 Å². The lowest BCUT2D eigenvalue weighted by atomic mass is 9.88. The molecule has 0 aliphatic heterocycles. The molecule has 3 heterocycles. The molecule has 1 aliphatic rings. The Morgan fingerprint density at radius 2 is 2.03 bits per heavy atom. The number of ether oxygens (including phenoxy) is 2. The number of nitrogens with zero attached hydrogens (tertiary/aromatic N) is 3. The SMILES string of the molecule is CCOC(=O)c1c(NC(=O)c2cnn3c(C(F)F)cc(-c4ccc(OC)cc4)nc23)sc2c1CCC(C)C2. The maximum atomic E-state index is 14.0. The molecule has 0 saturated heterocycles. The standard InChI is InChI=1S/C27H26F2N4O4S/c1-4-37-27(35)22-17-10-5-14(2)11-21(17)38-26(22)32-25(34)18-13-30-33-20(23(28)29)12-19(31-24(18)33)15-6-8-16(36-3)9-7-15/h6-9,12-14,23H,4-5,10-11H2,1-3H3,(H,32,34). The number of hydrogen-bond donors (Lipinski definition) is 1. The predicted molar refractivity (Wildman–Crippen MR) is 139 cm³/mol. The third kappa shape index (κ3) is 4.73. The number of thiophene rings is 1. The number of nitrogens with one attached hydrogen (secondary N) is 1. The summed E-state index contributed by atoms with van der Waals surface area (Å²) >= 11 is 1.35. The van der Waals surface area contributed by atoms with Gasteiger partial charge >= 0.3 is 5.97 Å². The number of methoxy groups -OCH3 is 1. The second-order valence-corrected chi connectivity index (χ2v) is 10.2. The molecule has 3 aromatic heterocycles. The van der Waals surface area contributed by atoms with Crippen LogP contribution in [0.15, 0.2) is 36.5 Å². The number of alkyl halides is 2. The van der Waals surface area contributed by atoms with Crippen molar-refractivity contribution in [2.45, 2.75) is 39.5 Å². The zero-order valence-corrected chi connectivity index (χ0v) is 21.9. The number of hydrogen-bond acceptors (Lipinski definition) is 7. The number of amides is 1. The molecule has 8 nitrogen and oxygen atoms in total. The van der Waals surface area contributed by atoms with Crippen LogP contribution in [0.2, 0.25) is 0 Å². The maximum Gasteiger partial charge on any atom is 0.341 e. The van der Waals surface area contributed by atoms with Gasteiger partial charge in [0.05, 0.1) is 31.2 Å². The van der Waals surface area contributed by atoms with Gasteiger partial charge in [0.1, 0.15) is 22.0 Å². The Morgan fingerprint density at radius 1 is 1.26 bits per heavy atom. The summed E-state index contributed by atoms with van der Waals surface area (Å²) in [7, 11) is 1.53. The highest BCUT2D eigenvalue weighted by molar-refractivity contribution is 7.17. The second-order valence-electron chi connectivity index (χ2n) is 9.12. The lowest BCUT2D eigenvalue weighted by Crippen LogP contribution is -2.17. The molecule has 0 spiro atoms. The molecular formula is C27H26F2N4O4S. The average molecular weight is 541 g/mol. The Balaban J connectivity index is 1.56. The van der Waals surface area contributed by atoms with Gasteiger partial charge in [0.2, 0.25) is 0 Å². The molecule has 0 fully saturated rings. The molecule has 1 aliphatic carbocycles. The summed E-state index contributed by atoms with van der Waals surface area (Å²) in [6.07, 6.45) is 0.823. The number of benzene rings is 1. The van der Waals surface area contributed by atoms with Crippen LogP contribution >= 0.6 is 11.3 Å². The number of aromatic nitrogens is 3. The number of rotatable bonds is 7. The van der Waals surface area contributed by atoms with E-state index in [1.807, 2.05) is 0 Å². The highest BCUT2D eigenvalue weighted by atomic mass is 32.1. The van der Waals surface area contributed by atoms with Crippen LogP contribution in [0.1, 0.15) is 63.5 Å². The summed E-state index contributed by atoms with van der Waals surface area (Å²) in [5.41, 5.74) is 1.71. The van der Waals surface area contributed by atoms with Crippen LogP contribution in [-0.4, -0.2) is 40.2 Å². The summed E-state index contributed by atoms with van der Waals surface area (Å²) in [6, 6.07) is 8.05. The first-order valence-electron chi connectivity index (χ1n) is 12.2. The van der Waals surface area contributed by atoms with E-state index < -0.39 is 24.0 Å². The maximum absolute atomic E-state index is 14.0. The first-order valence-corrected chi connectivity index (χ1v) is 13.1. The Labute approximate surface area is 221 Å². The molecule has 4 aromatic rings. The fourth-order valence-corrected chi connectivity index (χ4v) is 6.03. The lowest BCUT2D eigenvalue weighted by Gasteiger charge is -2.18. The second kappa shape index (κ2) is 10.5. The van der Waals surface area contributed by atoms with E-state index in [4.69, 9.17) is 9.47 Å². The normalized spacial score (nSPS) is 14.9. The summed E-state index contributed by atoms with van der Waals surface area (Å²) in [5.74, 6) is -0.0158. The number of anilines is 1. The lowest BCUT2D eigenvalue weighted by molar-refractivity contribution is 0.0526. The minimum Gasteiger partial charge on any atom is -0.497 e. The molecule has 0 bridgehead atoms. The van der Waals surface area contributed by atoms with Gasteiger partial charge in [-0.05, 0) is 68.0 Å². The Hall–Kier alpha value is -3.86. The van der Waals surface area contributed by atoms with Crippen molar-refractivity contribution in [3.05, 3.63) is 63.8 Å². The van der Waals surface area contributed by atoms with Crippen LogP contribution in [0.5, 0.6) is 5.75 Å². The van der Waals surface area contributed by atoms with E-state index >= 15 is 0 Å². The van der Waals surface area contributed by atoms with Gasteiger partial charge in [-0.15, -0.1) is 11.3 Å². The Kier molecular flexibility index (Phi) is 7.11. The van der Waals surface area contributed by atoms with Crippen LogP contribution in [-0.2, 0) is 17.6 Å². The smallest absolute Gasteiger partial charge is 0.341 e. The molecule has 1 aromatic carbocycles. The van der Waals surface area contributed by atoms with Crippen molar-refractivity contribution in [2.24, 2.45) is 5.92 Å². The number of carbonyl (C=O) groups excluding carboxylic acids is 2. The molecule has 0 radical (unpaired) electrons. The third-order valence-electron chi connectivity index (χ3n) is 6.57. The monoisotopic (exact) mass is 540 g/mol. The number of esters is 1. The number of fused-ring (bicyclic) bond motifs is 2. The highest BCUT2D eigenvalue weighted by Crippen LogP contribution is 2.40. The first kappa shape index (κ1) is 25.8. The first-order chi connectivity index (χ1) is 18.3. The molecule has 0 saturated carbocycles. The molecule has 1 amide bonds. The van der Waals surface area contributed by atoms with Gasteiger partial charge in [0, 0.05) is 10.4 Å². The van der Waals surface area contributed by atoms with Gasteiger partial charge < -0.3 is 14.8 Å². The van der Waals surface area contributed by atoms with E-state index in [0.29, 0.717) is 27.8 Å². The predicted octanol–water partition coefficient (Wildman–Crippen LogP) is 5.96. The van der Waals surface area contributed by atoms with Crippen molar-refractivity contribution >= 4 is 33.9 Å². The van der Waals surface area contributed by atoms with E-state index in [2.05, 4.69) is 22.3 Å². The van der Waals surface area contributed by atoms with Crippen LogP contribution in [0.4, 0.5) is 13.8 Å². The molecule has 1 unspecified atom stereocenters. The Bertz CT molecular complexity index is 1510. The van der Waals surface area contributed by atoms with Gasteiger partial charge in [-0.3, -0.25) is 4.79 Å². The molecule has 1 atom stereocenters. The minimum atomic E-state index is -2.85. The topological polar surface area (TPSA) is 94.8 Å². The molecule has 11 heteroatoms. The van der Waals surface area contributed by atoms with Crippen molar-refractivity contribution in [3.8, 4) is 17.0 Å². The van der Waals surface area contributed by atoms with Gasteiger partial charge in [0.25, 0.3) is 12.3 Å². The number of carbonyl (C=O) groups is 2. The van der Waals surface area contributed by atoms with E-state index in [-0.39, 0.29) is 23.5 Å². The summed E-state index contributed by atoms with van der Waals surface area (Å²) in [4.78, 5) is 31.8. The van der Waals surface area contributed by atoms with Gasteiger partial charge in [0.15, 0.2) is 5.65 Å². The third-order valence-corrected chi connectivity index (χ3v) is 7.74. The molecule has 5 rings (SSSR count). The minimum absolute atomic E-state index is 0.0109. The zero-order chi connectivity index (χ0) is 27.0. The van der Waals surface area contributed by atoms with Crippen molar-refractivity contribution in [1.82, 2.24) is 14.6 Å². The van der Waals surface area contributed by atoms with Crippen molar-refractivity contribution in [2.75, 3.05) is 19.0 Å². The van der Waals surface area contributed by atoms with Crippen LogP contribution in [0.3, 0.4) is 0 Å². The fraction of sp³-hybridized carbons (Fsp3) is 0.333. The van der Waals surface area contributed by atoms with Crippen LogP contribution in [0, 0.1) is 5.92 Å². The largest absolute Gasteiger partial charge is 0.497 e. The number of halogens is 2. The van der Waals surface area contributed by atoms with Crippen molar-refractivity contribution < 1.29 is 27.8 Å². The fourth-order valence-electron chi connectivity index (χ4n) is 4.64. The summed E-state index contributed by atoms with van der Waals surface area (Å²) < 4.78 is 39.4. The van der Waals surface area contributed by atoms with Crippen LogP contribution in [0.25, 0.3) is 16.9 Å². The summed E-state index contributed by atoms with van der Waals surface area (Å²) in [5, 5.41) is 7.23.